The van der Waals surface area contributed by atoms with Crippen LogP contribution in [-0.4, -0.2) is 22.7 Å². The lowest BCUT2D eigenvalue weighted by molar-refractivity contribution is -0.289. The van der Waals surface area contributed by atoms with Gasteiger partial charge in [0.1, 0.15) is 5.78 Å². The van der Waals surface area contributed by atoms with Gasteiger partial charge in [-0.25, -0.2) is 0 Å². The zero-order valence-corrected chi connectivity index (χ0v) is 12.4. The fraction of sp³-hybridized carbons (Fsp3) is 0.588. The van der Waals surface area contributed by atoms with Crippen LogP contribution in [0.25, 0.3) is 0 Å². The highest BCUT2D eigenvalue weighted by atomic mass is 19.4. The molecule has 1 N–H and O–H groups in total. The minimum Gasteiger partial charge on any atom is -0.380 e. The van der Waals surface area contributed by atoms with Gasteiger partial charge in [0, 0.05) is 5.92 Å². The number of Topliss-reactive ketones (excluding diaryl/α,β-unsaturated/α-hetero) is 1. The third kappa shape index (κ3) is 2.26. The first kappa shape index (κ1) is 15.5. The van der Waals surface area contributed by atoms with Crippen molar-refractivity contribution in [2.45, 2.75) is 50.3 Å². The maximum absolute atomic E-state index is 13.4. The van der Waals surface area contributed by atoms with E-state index in [0.717, 1.165) is 5.56 Å². The summed E-state index contributed by atoms with van der Waals surface area (Å²) in [6.45, 7) is 1.90. The van der Waals surface area contributed by atoms with E-state index in [1.807, 2.05) is 19.1 Å². The van der Waals surface area contributed by atoms with Crippen LogP contribution in [0.3, 0.4) is 0 Å². The molecule has 0 spiro atoms. The van der Waals surface area contributed by atoms with Crippen molar-refractivity contribution in [3.05, 3.63) is 35.4 Å². The van der Waals surface area contributed by atoms with Crippen molar-refractivity contribution in [1.29, 1.82) is 0 Å². The van der Waals surface area contributed by atoms with Gasteiger partial charge in [0.15, 0.2) is 5.60 Å². The lowest BCUT2D eigenvalue weighted by Crippen LogP contribution is -2.61. The van der Waals surface area contributed by atoms with Gasteiger partial charge in [0.2, 0.25) is 0 Å². The first-order valence-electron chi connectivity index (χ1n) is 7.63. The summed E-state index contributed by atoms with van der Waals surface area (Å²) in [6, 6.07) is 7.22. The Morgan fingerprint density at radius 3 is 2.36 bits per heavy atom. The summed E-state index contributed by atoms with van der Waals surface area (Å²) in [6.07, 6.45) is -3.89. The van der Waals surface area contributed by atoms with Crippen molar-refractivity contribution >= 4 is 5.78 Å². The van der Waals surface area contributed by atoms with Gasteiger partial charge >= 0.3 is 6.18 Å². The lowest BCUT2D eigenvalue weighted by atomic mass is 9.57. The number of rotatable bonds is 1. The van der Waals surface area contributed by atoms with Crippen LogP contribution in [0.15, 0.2) is 24.3 Å². The molecule has 2 bridgehead atoms. The van der Waals surface area contributed by atoms with Gasteiger partial charge in [0.05, 0.1) is 5.92 Å². The number of carbonyl (C=O) groups is 1. The average molecular weight is 312 g/mol. The maximum atomic E-state index is 13.4. The molecule has 0 aromatic heterocycles. The summed E-state index contributed by atoms with van der Waals surface area (Å²) >= 11 is 0. The molecular weight excluding hydrogens is 293 g/mol. The molecule has 2 aliphatic carbocycles. The van der Waals surface area contributed by atoms with Gasteiger partial charge in [-0.15, -0.1) is 0 Å². The first-order chi connectivity index (χ1) is 10.2. The van der Waals surface area contributed by atoms with E-state index in [1.54, 1.807) is 12.1 Å². The topological polar surface area (TPSA) is 37.3 Å². The third-order valence-corrected chi connectivity index (χ3v) is 5.31. The standard InChI is InChI=1S/C17H19F3O2/c1-10-5-7-11(8-6-10)13-9-16(22,17(18,19)20)14-4-2-3-12(13)15(14)21/h5-8,12-14,22H,2-4,9H2,1H3/t12-,13-,14-,16-/m0/s1. The second kappa shape index (κ2) is 5.08. The molecule has 5 heteroatoms. The highest BCUT2D eigenvalue weighted by Gasteiger charge is 2.65. The van der Waals surface area contributed by atoms with Crippen molar-refractivity contribution in [2.75, 3.05) is 0 Å². The largest absolute Gasteiger partial charge is 0.417 e. The highest BCUT2D eigenvalue weighted by Crippen LogP contribution is 2.55. The van der Waals surface area contributed by atoms with Crippen molar-refractivity contribution in [1.82, 2.24) is 0 Å². The molecule has 2 fully saturated rings. The molecule has 0 aliphatic heterocycles. The van der Waals surface area contributed by atoms with Crippen LogP contribution in [0.4, 0.5) is 13.2 Å². The zero-order valence-electron chi connectivity index (χ0n) is 12.4. The molecule has 4 atom stereocenters. The SMILES string of the molecule is Cc1ccc([C@@H]2C[C@@](O)(C(F)(F)F)[C@H]3CCC[C@@H]2C3=O)cc1. The number of halogens is 3. The maximum Gasteiger partial charge on any atom is 0.417 e. The third-order valence-electron chi connectivity index (χ3n) is 5.31. The summed E-state index contributed by atoms with van der Waals surface area (Å²) in [5.41, 5.74) is -1.17. The van der Waals surface area contributed by atoms with Gasteiger partial charge in [-0.1, -0.05) is 36.2 Å². The van der Waals surface area contributed by atoms with Crippen LogP contribution in [0.1, 0.15) is 42.7 Å². The molecule has 22 heavy (non-hydrogen) atoms. The monoisotopic (exact) mass is 312 g/mol. The van der Waals surface area contributed by atoms with Crippen LogP contribution in [0, 0.1) is 18.8 Å². The number of ketones is 1. The first-order valence-corrected chi connectivity index (χ1v) is 7.63. The molecule has 0 saturated heterocycles. The number of fused-ring (bicyclic) bond motifs is 2. The summed E-state index contributed by atoms with van der Waals surface area (Å²) in [5, 5.41) is 10.3. The second-order valence-electron chi connectivity index (χ2n) is 6.64. The van der Waals surface area contributed by atoms with E-state index in [9.17, 15) is 23.1 Å². The van der Waals surface area contributed by atoms with Gasteiger partial charge < -0.3 is 5.11 Å². The lowest BCUT2D eigenvalue weighted by Gasteiger charge is -2.49. The number of aliphatic hydroxyl groups is 1. The number of alkyl halides is 3. The van der Waals surface area contributed by atoms with Gasteiger partial charge in [-0.3, -0.25) is 4.79 Å². The predicted molar refractivity (Wildman–Crippen MR) is 75.4 cm³/mol. The molecule has 1 aromatic carbocycles. The predicted octanol–water partition coefficient (Wildman–Crippen LogP) is 3.76. The smallest absolute Gasteiger partial charge is 0.380 e. The molecule has 0 unspecified atom stereocenters. The van der Waals surface area contributed by atoms with E-state index in [0.29, 0.717) is 18.4 Å². The van der Waals surface area contributed by atoms with Gasteiger partial charge in [-0.05, 0) is 37.7 Å². The Kier molecular flexibility index (Phi) is 3.59. The Labute approximate surface area is 127 Å². The van der Waals surface area contributed by atoms with E-state index in [-0.39, 0.29) is 6.42 Å². The molecular formula is C17H19F3O2. The fourth-order valence-corrected chi connectivity index (χ4v) is 4.06. The van der Waals surface area contributed by atoms with Crippen LogP contribution in [0.5, 0.6) is 0 Å². The summed E-state index contributed by atoms with van der Waals surface area (Å²) in [7, 11) is 0. The quantitative estimate of drug-likeness (QED) is 0.857. The van der Waals surface area contributed by atoms with Crippen molar-refractivity contribution < 1.29 is 23.1 Å². The number of benzene rings is 1. The average Bonchev–Trinajstić information content (AvgIpc) is 2.43. The Balaban J connectivity index is 2.03. The summed E-state index contributed by atoms with van der Waals surface area (Å²) < 4.78 is 40.3. The fourth-order valence-electron chi connectivity index (χ4n) is 4.06. The van der Waals surface area contributed by atoms with Crippen molar-refractivity contribution in [3.8, 4) is 0 Å². The van der Waals surface area contributed by atoms with E-state index in [1.165, 1.54) is 0 Å². The minimum absolute atomic E-state index is 0.131. The number of aryl methyl sites for hydroxylation is 1. The van der Waals surface area contributed by atoms with Crippen LogP contribution < -0.4 is 0 Å². The van der Waals surface area contributed by atoms with E-state index < -0.39 is 41.7 Å². The Morgan fingerprint density at radius 2 is 1.77 bits per heavy atom. The summed E-state index contributed by atoms with van der Waals surface area (Å²) in [4.78, 5) is 12.5. The van der Waals surface area contributed by atoms with Gasteiger partial charge in [0.25, 0.3) is 0 Å². The number of hydrogen-bond acceptors (Lipinski definition) is 2. The van der Waals surface area contributed by atoms with Crippen molar-refractivity contribution in [3.63, 3.8) is 0 Å². The molecule has 2 aliphatic rings. The molecule has 2 nitrogen and oxygen atoms in total. The van der Waals surface area contributed by atoms with Crippen LogP contribution >= 0.6 is 0 Å². The number of carbonyl (C=O) groups excluding carboxylic acids is 1. The molecule has 1 aromatic rings. The normalized spacial score (nSPS) is 35.5. The Hall–Kier alpha value is -1.36. The Morgan fingerprint density at radius 1 is 1.14 bits per heavy atom. The molecule has 0 radical (unpaired) electrons. The number of hydrogen-bond donors (Lipinski definition) is 1. The highest BCUT2D eigenvalue weighted by molar-refractivity contribution is 5.87. The molecule has 0 amide bonds. The molecule has 0 heterocycles. The minimum atomic E-state index is -4.78. The molecule has 3 rings (SSSR count). The molecule has 120 valence electrons. The van der Waals surface area contributed by atoms with Crippen LogP contribution in [-0.2, 0) is 4.79 Å². The Bertz CT molecular complexity index is 579. The zero-order chi connectivity index (χ0) is 16.1. The van der Waals surface area contributed by atoms with E-state index in [2.05, 4.69) is 0 Å². The van der Waals surface area contributed by atoms with E-state index in [4.69, 9.17) is 0 Å². The van der Waals surface area contributed by atoms with Crippen LogP contribution in [0.2, 0.25) is 0 Å². The van der Waals surface area contributed by atoms with E-state index >= 15 is 0 Å². The van der Waals surface area contributed by atoms with Crippen molar-refractivity contribution in [2.24, 2.45) is 11.8 Å². The van der Waals surface area contributed by atoms with Gasteiger partial charge in [-0.2, -0.15) is 13.2 Å². The summed E-state index contributed by atoms with van der Waals surface area (Å²) in [5.74, 6) is -2.67. The molecule has 2 saturated carbocycles. The second-order valence-corrected chi connectivity index (χ2v) is 6.64.